The van der Waals surface area contributed by atoms with E-state index in [0.29, 0.717) is 19.1 Å². The lowest BCUT2D eigenvalue weighted by Crippen LogP contribution is -2.46. The molecule has 0 spiro atoms. The minimum absolute atomic E-state index is 0.154. The van der Waals surface area contributed by atoms with Crippen LogP contribution in [0.2, 0.25) is 0 Å². The van der Waals surface area contributed by atoms with Gasteiger partial charge in [-0.05, 0) is 52.4 Å². The maximum atomic E-state index is 12.8. The topological polar surface area (TPSA) is 47.0 Å². The zero-order chi connectivity index (χ0) is 18.4. The molecule has 1 aromatic rings. The van der Waals surface area contributed by atoms with E-state index in [4.69, 9.17) is 0 Å². The summed E-state index contributed by atoms with van der Waals surface area (Å²) in [6.45, 7) is 4.82. The minimum atomic E-state index is 0.154. The molecular formula is C20H33N3O2. The van der Waals surface area contributed by atoms with Crippen LogP contribution in [0.25, 0.3) is 0 Å². The lowest BCUT2D eigenvalue weighted by molar-refractivity contribution is -0.133. The minimum Gasteiger partial charge on any atom is -0.396 e. The van der Waals surface area contributed by atoms with E-state index in [-0.39, 0.29) is 18.4 Å². The number of benzene rings is 1. The van der Waals surface area contributed by atoms with Gasteiger partial charge in [0.1, 0.15) is 0 Å². The summed E-state index contributed by atoms with van der Waals surface area (Å²) in [5, 5.41) is 9.58. The summed E-state index contributed by atoms with van der Waals surface area (Å²) in [6, 6.07) is 8.81. The Balaban J connectivity index is 1.95. The number of aliphatic hydroxyl groups excluding tert-OH is 1. The van der Waals surface area contributed by atoms with Crippen molar-refractivity contribution in [2.24, 2.45) is 5.92 Å². The molecule has 1 aliphatic heterocycles. The van der Waals surface area contributed by atoms with Gasteiger partial charge in [-0.25, -0.2) is 0 Å². The average Bonchev–Trinajstić information content (AvgIpc) is 2.79. The zero-order valence-corrected chi connectivity index (χ0v) is 16.1. The summed E-state index contributed by atoms with van der Waals surface area (Å²) < 4.78 is 0. The molecule has 5 nitrogen and oxygen atoms in total. The van der Waals surface area contributed by atoms with Crippen molar-refractivity contribution in [3.63, 3.8) is 0 Å². The molecule has 1 heterocycles. The fourth-order valence-electron chi connectivity index (χ4n) is 3.42. The number of hydrogen-bond donors (Lipinski definition) is 1. The van der Waals surface area contributed by atoms with Crippen molar-refractivity contribution in [1.82, 2.24) is 14.7 Å². The summed E-state index contributed by atoms with van der Waals surface area (Å²) in [5.74, 6) is 0.345. The number of rotatable bonds is 6. The molecule has 0 bridgehead atoms. The Kier molecular flexibility index (Phi) is 7.41. The molecule has 1 aliphatic rings. The molecule has 2 rings (SSSR count). The summed E-state index contributed by atoms with van der Waals surface area (Å²) >= 11 is 0. The fraction of sp³-hybridized carbons (Fsp3) is 0.650. The standard InChI is InChI=1S/C20H33N3O2/c1-16-5-7-17(8-6-16)11-22(4)14-20(25)23-12-18(15-24)9-10-19(13-23)21(2)3/h5-8,18-19,24H,9-15H2,1-4H3/t18-,19+/m0/s1. The second-order valence-electron chi connectivity index (χ2n) is 7.70. The van der Waals surface area contributed by atoms with Gasteiger partial charge in [-0.2, -0.15) is 0 Å². The van der Waals surface area contributed by atoms with E-state index in [1.807, 2.05) is 11.9 Å². The smallest absolute Gasteiger partial charge is 0.236 e. The lowest BCUT2D eigenvalue weighted by Gasteiger charge is -2.30. The molecule has 0 unspecified atom stereocenters. The maximum Gasteiger partial charge on any atom is 0.236 e. The van der Waals surface area contributed by atoms with E-state index in [0.717, 1.165) is 25.9 Å². The van der Waals surface area contributed by atoms with Gasteiger partial charge in [-0.3, -0.25) is 9.69 Å². The van der Waals surface area contributed by atoms with Crippen LogP contribution in [-0.4, -0.2) is 79.1 Å². The number of likely N-dealkylation sites (N-methyl/N-ethyl adjacent to an activating group) is 2. The third kappa shape index (κ3) is 6.10. The number of amides is 1. The molecule has 0 radical (unpaired) electrons. The Morgan fingerprint density at radius 3 is 2.44 bits per heavy atom. The predicted octanol–water partition coefficient (Wildman–Crippen LogP) is 1.59. The lowest BCUT2D eigenvalue weighted by atomic mass is 10.0. The van der Waals surface area contributed by atoms with E-state index in [1.54, 1.807) is 0 Å². The van der Waals surface area contributed by atoms with Crippen LogP contribution in [0.4, 0.5) is 0 Å². The van der Waals surface area contributed by atoms with E-state index in [9.17, 15) is 9.90 Å². The highest BCUT2D eigenvalue weighted by Gasteiger charge is 2.28. The molecule has 0 aromatic heterocycles. The Morgan fingerprint density at radius 2 is 1.84 bits per heavy atom. The average molecular weight is 348 g/mol. The van der Waals surface area contributed by atoms with E-state index >= 15 is 0 Å². The van der Waals surface area contributed by atoms with Crippen molar-refractivity contribution in [1.29, 1.82) is 0 Å². The summed E-state index contributed by atoms with van der Waals surface area (Å²) in [6.07, 6.45) is 2.00. The van der Waals surface area contributed by atoms with Crippen LogP contribution in [0.1, 0.15) is 24.0 Å². The normalized spacial score (nSPS) is 21.6. The number of likely N-dealkylation sites (tertiary alicyclic amines) is 1. The Labute approximate surface area is 152 Å². The number of hydrogen-bond acceptors (Lipinski definition) is 4. The van der Waals surface area contributed by atoms with Crippen molar-refractivity contribution in [3.05, 3.63) is 35.4 Å². The van der Waals surface area contributed by atoms with Gasteiger partial charge in [0.2, 0.25) is 5.91 Å². The number of carbonyl (C=O) groups excluding carboxylic acids is 1. The van der Waals surface area contributed by atoms with Crippen molar-refractivity contribution in [2.45, 2.75) is 32.4 Å². The van der Waals surface area contributed by atoms with Crippen molar-refractivity contribution >= 4 is 5.91 Å². The Hall–Kier alpha value is -1.43. The molecule has 1 amide bonds. The first-order valence-corrected chi connectivity index (χ1v) is 9.18. The third-order valence-electron chi connectivity index (χ3n) is 5.14. The largest absolute Gasteiger partial charge is 0.396 e. The molecule has 5 heteroatoms. The molecule has 1 saturated heterocycles. The van der Waals surface area contributed by atoms with Gasteiger partial charge >= 0.3 is 0 Å². The second kappa shape index (κ2) is 9.32. The van der Waals surface area contributed by atoms with Gasteiger partial charge in [-0.15, -0.1) is 0 Å². The van der Waals surface area contributed by atoms with E-state index in [1.165, 1.54) is 11.1 Å². The second-order valence-corrected chi connectivity index (χ2v) is 7.70. The molecule has 1 fully saturated rings. The number of nitrogens with zero attached hydrogens (tertiary/aromatic N) is 3. The number of aliphatic hydroxyl groups is 1. The van der Waals surface area contributed by atoms with Gasteiger partial charge < -0.3 is 14.9 Å². The van der Waals surface area contributed by atoms with Crippen LogP contribution >= 0.6 is 0 Å². The third-order valence-corrected chi connectivity index (χ3v) is 5.14. The van der Waals surface area contributed by atoms with Gasteiger partial charge in [0.25, 0.3) is 0 Å². The monoisotopic (exact) mass is 347 g/mol. The quantitative estimate of drug-likeness (QED) is 0.849. The highest BCUT2D eigenvalue weighted by atomic mass is 16.3. The highest BCUT2D eigenvalue weighted by Crippen LogP contribution is 2.19. The van der Waals surface area contributed by atoms with Crippen LogP contribution in [-0.2, 0) is 11.3 Å². The van der Waals surface area contributed by atoms with Gasteiger partial charge in [0.05, 0.1) is 6.54 Å². The van der Waals surface area contributed by atoms with Crippen LogP contribution in [0, 0.1) is 12.8 Å². The van der Waals surface area contributed by atoms with Crippen LogP contribution in [0.5, 0.6) is 0 Å². The van der Waals surface area contributed by atoms with Crippen LogP contribution in [0.3, 0.4) is 0 Å². The molecule has 140 valence electrons. The molecule has 0 aliphatic carbocycles. The first-order chi connectivity index (χ1) is 11.9. The van der Waals surface area contributed by atoms with Gasteiger partial charge in [0, 0.05) is 32.3 Å². The highest BCUT2D eigenvalue weighted by molar-refractivity contribution is 5.78. The van der Waals surface area contributed by atoms with E-state index in [2.05, 4.69) is 55.1 Å². The van der Waals surface area contributed by atoms with Crippen LogP contribution < -0.4 is 0 Å². The van der Waals surface area contributed by atoms with Crippen LogP contribution in [0.15, 0.2) is 24.3 Å². The molecule has 0 saturated carbocycles. The summed E-state index contributed by atoms with van der Waals surface area (Å²) in [4.78, 5) is 19.0. The van der Waals surface area contributed by atoms with Crippen molar-refractivity contribution < 1.29 is 9.90 Å². The fourth-order valence-corrected chi connectivity index (χ4v) is 3.42. The predicted molar refractivity (Wildman–Crippen MR) is 101 cm³/mol. The Bertz CT molecular complexity index is 544. The first-order valence-electron chi connectivity index (χ1n) is 9.18. The summed E-state index contributed by atoms with van der Waals surface area (Å²) in [5.41, 5.74) is 2.47. The SMILES string of the molecule is Cc1ccc(CN(C)CC(=O)N2C[C@@H](CO)CC[C@@H](N(C)C)C2)cc1. The zero-order valence-electron chi connectivity index (χ0n) is 16.1. The first kappa shape index (κ1) is 19.9. The number of aryl methyl sites for hydroxylation is 1. The van der Waals surface area contributed by atoms with Crippen molar-refractivity contribution in [2.75, 3.05) is 47.4 Å². The van der Waals surface area contributed by atoms with Gasteiger partial charge in [-0.1, -0.05) is 29.8 Å². The van der Waals surface area contributed by atoms with E-state index < -0.39 is 0 Å². The summed E-state index contributed by atoms with van der Waals surface area (Å²) in [7, 11) is 6.12. The Morgan fingerprint density at radius 1 is 1.16 bits per heavy atom. The molecule has 1 N–H and O–H groups in total. The number of carbonyl (C=O) groups is 1. The molecular weight excluding hydrogens is 314 g/mol. The molecule has 1 aromatic carbocycles. The maximum absolute atomic E-state index is 12.8. The molecule has 2 atom stereocenters. The molecule has 25 heavy (non-hydrogen) atoms. The van der Waals surface area contributed by atoms with Crippen molar-refractivity contribution in [3.8, 4) is 0 Å². The van der Waals surface area contributed by atoms with Gasteiger partial charge in [0.15, 0.2) is 0 Å².